The molecule has 0 radical (unpaired) electrons. The molecule has 0 unspecified atom stereocenters. The Morgan fingerprint density at radius 2 is 2.15 bits per heavy atom. The van der Waals surface area contributed by atoms with E-state index in [1.807, 2.05) is 0 Å². The van der Waals surface area contributed by atoms with Crippen LogP contribution in [0, 0.1) is 6.92 Å². The van der Waals surface area contributed by atoms with Crippen molar-refractivity contribution in [3.63, 3.8) is 0 Å². The molecule has 0 aliphatic rings. The summed E-state index contributed by atoms with van der Waals surface area (Å²) in [6.45, 7) is 1.46. The Morgan fingerprint density at radius 3 is 2.62 bits per heavy atom. The molecule has 0 aliphatic carbocycles. The van der Waals surface area contributed by atoms with Gasteiger partial charge in [0, 0.05) is 5.56 Å². The van der Waals surface area contributed by atoms with E-state index < -0.39 is 12.0 Å². The minimum Gasteiger partial charge on any atom is -0.482 e. The molecule has 1 aromatic heterocycles. The summed E-state index contributed by atoms with van der Waals surface area (Å²) in [5, 5.41) is 0. The van der Waals surface area contributed by atoms with Gasteiger partial charge in [-0.2, -0.15) is 0 Å². The van der Waals surface area contributed by atoms with Crippen molar-refractivity contribution in [3.05, 3.63) is 27.5 Å². The highest BCUT2D eigenvalue weighted by atomic mass is 19.3. The van der Waals surface area contributed by atoms with Crippen molar-refractivity contribution >= 4 is 0 Å². The minimum absolute atomic E-state index is 0.175. The highest BCUT2D eigenvalue weighted by Crippen LogP contribution is 2.25. The summed E-state index contributed by atoms with van der Waals surface area (Å²) in [6, 6.07) is 1.13. The van der Waals surface area contributed by atoms with Gasteiger partial charge in [-0.05, 0) is 13.0 Å². The average Bonchev–Trinajstić information content (AvgIpc) is 2.08. The third kappa shape index (κ3) is 1.85. The van der Waals surface area contributed by atoms with E-state index in [0.717, 1.165) is 6.07 Å². The number of H-pyrrole nitrogens is 1. The number of rotatable bonds is 2. The summed E-state index contributed by atoms with van der Waals surface area (Å²) in [4.78, 5) is 13.2. The van der Waals surface area contributed by atoms with Gasteiger partial charge < -0.3 is 4.74 Å². The van der Waals surface area contributed by atoms with Crippen LogP contribution >= 0.6 is 0 Å². The standard InChI is InChI=1S/C8H9F2NO2/c1-4-3-5(6(9)10)8(13-2)11-7(4)12/h3,6H,1-2H3,(H,11,12). The predicted octanol–water partition coefficient (Wildman–Crippen LogP) is 1.63. The minimum atomic E-state index is -2.65. The summed E-state index contributed by atoms with van der Waals surface area (Å²) in [6.07, 6.45) is -2.65. The quantitative estimate of drug-likeness (QED) is 0.768. The number of hydrogen-bond donors (Lipinski definition) is 1. The van der Waals surface area contributed by atoms with Crippen LogP contribution in [-0.4, -0.2) is 12.1 Å². The fraction of sp³-hybridized carbons (Fsp3) is 0.375. The van der Waals surface area contributed by atoms with Crippen LogP contribution in [0.1, 0.15) is 17.6 Å². The van der Waals surface area contributed by atoms with E-state index in [1.165, 1.54) is 14.0 Å². The van der Waals surface area contributed by atoms with E-state index in [0.29, 0.717) is 0 Å². The molecule has 0 aliphatic heterocycles. The summed E-state index contributed by atoms with van der Waals surface area (Å²) in [7, 11) is 1.23. The Labute approximate surface area is 73.4 Å². The van der Waals surface area contributed by atoms with Crippen LogP contribution in [0.2, 0.25) is 0 Å². The zero-order valence-corrected chi connectivity index (χ0v) is 7.23. The third-order valence-corrected chi connectivity index (χ3v) is 1.66. The van der Waals surface area contributed by atoms with E-state index in [4.69, 9.17) is 0 Å². The molecule has 0 saturated heterocycles. The Kier molecular flexibility index (Phi) is 2.65. The highest BCUT2D eigenvalue weighted by Gasteiger charge is 2.15. The summed E-state index contributed by atoms with van der Waals surface area (Å²) in [5.74, 6) is -0.175. The van der Waals surface area contributed by atoms with E-state index in [9.17, 15) is 13.6 Å². The van der Waals surface area contributed by atoms with E-state index in [-0.39, 0.29) is 17.0 Å². The van der Waals surface area contributed by atoms with Crippen LogP contribution in [0.5, 0.6) is 5.88 Å². The van der Waals surface area contributed by atoms with Crippen LogP contribution in [-0.2, 0) is 0 Å². The second kappa shape index (κ2) is 3.55. The van der Waals surface area contributed by atoms with E-state index in [1.54, 1.807) is 0 Å². The fourth-order valence-corrected chi connectivity index (χ4v) is 0.969. The molecule has 72 valence electrons. The third-order valence-electron chi connectivity index (χ3n) is 1.66. The first-order valence-corrected chi connectivity index (χ1v) is 3.62. The highest BCUT2D eigenvalue weighted by molar-refractivity contribution is 5.30. The number of aryl methyl sites for hydroxylation is 1. The van der Waals surface area contributed by atoms with Crippen molar-refractivity contribution in [1.82, 2.24) is 4.98 Å². The van der Waals surface area contributed by atoms with Gasteiger partial charge in [-0.15, -0.1) is 0 Å². The Hall–Kier alpha value is -1.39. The molecule has 1 aromatic rings. The van der Waals surface area contributed by atoms with Crippen molar-refractivity contribution in [2.75, 3.05) is 7.11 Å². The van der Waals surface area contributed by atoms with Gasteiger partial charge in [0.25, 0.3) is 12.0 Å². The lowest BCUT2D eigenvalue weighted by Crippen LogP contribution is -2.12. The fourth-order valence-electron chi connectivity index (χ4n) is 0.969. The molecule has 5 heteroatoms. The van der Waals surface area contributed by atoms with Crippen LogP contribution in [0.4, 0.5) is 8.78 Å². The first-order valence-electron chi connectivity index (χ1n) is 3.62. The number of nitrogens with one attached hydrogen (secondary N) is 1. The molecule has 0 amide bonds. The molecule has 0 fully saturated rings. The van der Waals surface area contributed by atoms with Crippen LogP contribution in [0.3, 0.4) is 0 Å². The number of ether oxygens (including phenoxy) is 1. The number of pyridine rings is 1. The van der Waals surface area contributed by atoms with Gasteiger partial charge in [0.1, 0.15) is 0 Å². The maximum absolute atomic E-state index is 12.3. The van der Waals surface area contributed by atoms with Crippen LogP contribution < -0.4 is 10.3 Å². The topological polar surface area (TPSA) is 42.1 Å². The summed E-state index contributed by atoms with van der Waals surface area (Å²) < 4.78 is 29.3. The van der Waals surface area contributed by atoms with Gasteiger partial charge in [-0.1, -0.05) is 0 Å². The number of aromatic nitrogens is 1. The monoisotopic (exact) mass is 189 g/mol. The molecule has 0 aromatic carbocycles. The second-order valence-electron chi connectivity index (χ2n) is 2.57. The number of halogens is 2. The van der Waals surface area contributed by atoms with Crippen molar-refractivity contribution in [1.29, 1.82) is 0 Å². The Balaban J connectivity index is 3.33. The van der Waals surface area contributed by atoms with Gasteiger partial charge in [0.15, 0.2) is 0 Å². The van der Waals surface area contributed by atoms with Gasteiger partial charge in [-0.25, -0.2) is 8.78 Å². The number of aromatic amines is 1. The van der Waals surface area contributed by atoms with Crippen molar-refractivity contribution in [3.8, 4) is 5.88 Å². The lowest BCUT2D eigenvalue weighted by atomic mass is 10.2. The molecule has 0 spiro atoms. The van der Waals surface area contributed by atoms with E-state index >= 15 is 0 Å². The molecule has 0 saturated carbocycles. The Morgan fingerprint density at radius 1 is 1.54 bits per heavy atom. The molecular weight excluding hydrogens is 180 g/mol. The normalized spacial score (nSPS) is 10.5. The molecule has 0 atom stereocenters. The summed E-state index contributed by atoms with van der Waals surface area (Å²) >= 11 is 0. The molecule has 1 rings (SSSR count). The zero-order valence-electron chi connectivity index (χ0n) is 7.23. The molecule has 1 N–H and O–H groups in total. The maximum atomic E-state index is 12.3. The van der Waals surface area contributed by atoms with Crippen LogP contribution in [0.15, 0.2) is 10.9 Å². The number of alkyl halides is 2. The van der Waals surface area contributed by atoms with Gasteiger partial charge in [0.2, 0.25) is 5.88 Å². The zero-order chi connectivity index (χ0) is 10.0. The van der Waals surface area contributed by atoms with Gasteiger partial charge >= 0.3 is 0 Å². The first kappa shape index (κ1) is 9.70. The lowest BCUT2D eigenvalue weighted by molar-refractivity contribution is 0.146. The maximum Gasteiger partial charge on any atom is 0.268 e. The smallest absolute Gasteiger partial charge is 0.268 e. The molecular formula is C8H9F2NO2. The van der Waals surface area contributed by atoms with Gasteiger partial charge in [0.05, 0.1) is 12.7 Å². The average molecular weight is 189 g/mol. The SMILES string of the molecule is COc1[nH]c(=O)c(C)cc1C(F)F. The number of methoxy groups -OCH3 is 1. The van der Waals surface area contributed by atoms with E-state index in [2.05, 4.69) is 9.72 Å². The van der Waals surface area contributed by atoms with Crippen molar-refractivity contribution in [2.45, 2.75) is 13.3 Å². The molecule has 3 nitrogen and oxygen atoms in total. The van der Waals surface area contributed by atoms with Crippen molar-refractivity contribution < 1.29 is 13.5 Å². The lowest BCUT2D eigenvalue weighted by Gasteiger charge is -2.07. The molecule has 0 bridgehead atoms. The Bertz CT molecular complexity index is 360. The molecule has 13 heavy (non-hydrogen) atoms. The van der Waals surface area contributed by atoms with Crippen LogP contribution in [0.25, 0.3) is 0 Å². The summed E-state index contributed by atoms with van der Waals surface area (Å²) in [5.41, 5.74) is -0.461. The molecule has 1 heterocycles. The largest absolute Gasteiger partial charge is 0.482 e. The van der Waals surface area contributed by atoms with Crippen molar-refractivity contribution in [2.24, 2.45) is 0 Å². The first-order chi connectivity index (χ1) is 6.06. The van der Waals surface area contributed by atoms with Gasteiger partial charge in [-0.3, -0.25) is 9.78 Å². The predicted molar refractivity (Wildman–Crippen MR) is 43.3 cm³/mol. The number of hydrogen-bond acceptors (Lipinski definition) is 2. The second-order valence-corrected chi connectivity index (χ2v) is 2.57.